The summed E-state index contributed by atoms with van der Waals surface area (Å²) < 4.78 is 0. The maximum atomic E-state index is 11.6. The van der Waals surface area contributed by atoms with Gasteiger partial charge in [0.1, 0.15) is 11.8 Å². The molecule has 1 amide bonds. The van der Waals surface area contributed by atoms with Crippen molar-refractivity contribution in [2.75, 3.05) is 0 Å². The summed E-state index contributed by atoms with van der Waals surface area (Å²) in [6.45, 7) is 3.13. The number of rotatable bonds is 3. The van der Waals surface area contributed by atoms with Crippen molar-refractivity contribution in [1.29, 1.82) is 0 Å². The van der Waals surface area contributed by atoms with Gasteiger partial charge in [0, 0.05) is 0 Å². The number of amides is 1. The van der Waals surface area contributed by atoms with E-state index in [0.29, 0.717) is 0 Å². The second-order valence-electron chi connectivity index (χ2n) is 3.55. The number of nitrogens with one attached hydrogen (secondary N) is 1. The molecule has 5 nitrogen and oxygen atoms in total. The van der Waals surface area contributed by atoms with Gasteiger partial charge in [-0.2, -0.15) is 0 Å². The lowest BCUT2D eigenvalue weighted by atomic mass is 10.1. The van der Waals surface area contributed by atoms with E-state index in [4.69, 9.17) is 5.11 Å². The summed E-state index contributed by atoms with van der Waals surface area (Å²) in [5.41, 5.74) is 0.888. The number of phenols is 1. The molecule has 1 atom stereocenters. The standard InChI is InChI=1S/C11H13NO4/c1-6-3-4-9(13)8(5-6)10(14)12-7(2)11(15)16/h3-5,7,13H,1-2H3,(H,12,14)(H,15,16). The highest BCUT2D eigenvalue weighted by Crippen LogP contribution is 2.17. The Hall–Kier alpha value is -2.04. The third-order valence-electron chi connectivity index (χ3n) is 2.11. The van der Waals surface area contributed by atoms with Crippen LogP contribution in [0.5, 0.6) is 5.75 Å². The van der Waals surface area contributed by atoms with Crippen molar-refractivity contribution >= 4 is 11.9 Å². The van der Waals surface area contributed by atoms with Crippen molar-refractivity contribution in [2.24, 2.45) is 0 Å². The first kappa shape index (κ1) is 12.0. The molecule has 16 heavy (non-hydrogen) atoms. The van der Waals surface area contributed by atoms with Gasteiger partial charge in [-0.1, -0.05) is 11.6 Å². The van der Waals surface area contributed by atoms with Crippen LogP contribution < -0.4 is 5.32 Å². The lowest BCUT2D eigenvalue weighted by molar-refractivity contribution is -0.138. The average Bonchev–Trinajstić information content (AvgIpc) is 2.21. The molecule has 1 aromatic carbocycles. The lowest BCUT2D eigenvalue weighted by Crippen LogP contribution is -2.38. The topological polar surface area (TPSA) is 86.6 Å². The van der Waals surface area contributed by atoms with E-state index in [9.17, 15) is 14.7 Å². The van der Waals surface area contributed by atoms with E-state index in [2.05, 4.69) is 5.32 Å². The number of aryl methyl sites for hydroxylation is 1. The lowest BCUT2D eigenvalue weighted by Gasteiger charge is -2.10. The second-order valence-corrected chi connectivity index (χ2v) is 3.55. The van der Waals surface area contributed by atoms with Crippen LogP contribution >= 0.6 is 0 Å². The monoisotopic (exact) mass is 223 g/mol. The van der Waals surface area contributed by atoms with Crippen molar-refractivity contribution in [2.45, 2.75) is 19.9 Å². The maximum Gasteiger partial charge on any atom is 0.325 e. The number of benzene rings is 1. The van der Waals surface area contributed by atoms with Gasteiger partial charge >= 0.3 is 5.97 Å². The summed E-state index contributed by atoms with van der Waals surface area (Å²) in [6, 6.07) is 3.56. The summed E-state index contributed by atoms with van der Waals surface area (Å²) in [4.78, 5) is 22.1. The molecule has 5 heteroatoms. The van der Waals surface area contributed by atoms with Crippen molar-refractivity contribution < 1.29 is 19.8 Å². The van der Waals surface area contributed by atoms with Crippen LogP contribution in [-0.4, -0.2) is 28.1 Å². The zero-order valence-corrected chi connectivity index (χ0v) is 9.02. The minimum absolute atomic E-state index is 0.0769. The van der Waals surface area contributed by atoms with E-state index in [-0.39, 0.29) is 11.3 Å². The van der Waals surface area contributed by atoms with Crippen molar-refractivity contribution in [3.05, 3.63) is 29.3 Å². The molecule has 0 saturated heterocycles. The summed E-state index contributed by atoms with van der Waals surface area (Å²) >= 11 is 0. The molecule has 3 N–H and O–H groups in total. The Bertz CT molecular complexity index is 428. The fraction of sp³-hybridized carbons (Fsp3) is 0.273. The van der Waals surface area contributed by atoms with Gasteiger partial charge in [-0.15, -0.1) is 0 Å². The van der Waals surface area contributed by atoms with Crippen LogP contribution in [0.25, 0.3) is 0 Å². The summed E-state index contributed by atoms with van der Waals surface area (Å²) in [6.07, 6.45) is 0. The van der Waals surface area contributed by atoms with Crippen LogP contribution in [0.3, 0.4) is 0 Å². The number of hydrogen-bond acceptors (Lipinski definition) is 3. The number of phenolic OH excluding ortho intramolecular Hbond substituents is 1. The molecule has 1 unspecified atom stereocenters. The number of carbonyl (C=O) groups excluding carboxylic acids is 1. The fourth-order valence-corrected chi connectivity index (χ4v) is 1.17. The van der Waals surface area contributed by atoms with Crippen LogP contribution in [0.1, 0.15) is 22.8 Å². The third kappa shape index (κ3) is 2.73. The predicted octanol–water partition coefficient (Wildman–Crippen LogP) is 0.904. The zero-order chi connectivity index (χ0) is 12.3. The number of aliphatic carboxylic acids is 1. The van der Waals surface area contributed by atoms with Crippen LogP contribution in [0.2, 0.25) is 0 Å². The number of aromatic hydroxyl groups is 1. The van der Waals surface area contributed by atoms with Crippen LogP contribution in [0.4, 0.5) is 0 Å². The number of carbonyl (C=O) groups is 2. The van der Waals surface area contributed by atoms with Crippen LogP contribution in [-0.2, 0) is 4.79 Å². The maximum absolute atomic E-state index is 11.6. The molecule has 86 valence electrons. The molecule has 0 aromatic heterocycles. The Morgan fingerprint density at radius 1 is 1.38 bits per heavy atom. The SMILES string of the molecule is Cc1ccc(O)c(C(=O)NC(C)C(=O)O)c1. The number of carboxylic acid groups (broad SMARTS) is 1. The minimum Gasteiger partial charge on any atom is -0.507 e. The first-order chi connectivity index (χ1) is 7.41. The number of carboxylic acids is 1. The third-order valence-corrected chi connectivity index (χ3v) is 2.11. The van der Waals surface area contributed by atoms with Gasteiger partial charge in [0.25, 0.3) is 5.91 Å². The normalized spacial score (nSPS) is 11.9. The Kier molecular flexibility index (Phi) is 3.50. The van der Waals surface area contributed by atoms with Crippen LogP contribution in [0.15, 0.2) is 18.2 Å². The molecular formula is C11H13NO4. The molecule has 0 spiro atoms. The zero-order valence-electron chi connectivity index (χ0n) is 9.02. The Morgan fingerprint density at radius 2 is 2.00 bits per heavy atom. The molecule has 1 aromatic rings. The molecule has 0 heterocycles. The summed E-state index contributed by atoms with van der Waals surface area (Å²) in [5, 5.41) is 20.3. The van der Waals surface area contributed by atoms with Gasteiger partial charge in [-0.25, -0.2) is 0 Å². The van der Waals surface area contributed by atoms with Gasteiger partial charge in [-0.3, -0.25) is 9.59 Å². The summed E-state index contributed by atoms with van der Waals surface area (Å²) in [7, 11) is 0. The molecule has 0 aliphatic heterocycles. The fourth-order valence-electron chi connectivity index (χ4n) is 1.17. The summed E-state index contributed by atoms with van der Waals surface area (Å²) in [5.74, 6) is -1.89. The Morgan fingerprint density at radius 3 is 2.56 bits per heavy atom. The van der Waals surface area contributed by atoms with Crippen molar-refractivity contribution in [1.82, 2.24) is 5.32 Å². The Balaban J connectivity index is 2.88. The van der Waals surface area contributed by atoms with Gasteiger partial charge in [0.2, 0.25) is 0 Å². The van der Waals surface area contributed by atoms with Gasteiger partial charge in [0.05, 0.1) is 5.56 Å². The highest BCUT2D eigenvalue weighted by Gasteiger charge is 2.17. The van der Waals surface area contributed by atoms with Gasteiger partial charge < -0.3 is 15.5 Å². The molecular weight excluding hydrogens is 210 g/mol. The van der Waals surface area contributed by atoms with E-state index in [0.717, 1.165) is 5.56 Å². The molecule has 0 bridgehead atoms. The average molecular weight is 223 g/mol. The van der Waals surface area contributed by atoms with E-state index in [1.807, 2.05) is 0 Å². The molecule has 0 fully saturated rings. The van der Waals surface area contributed by atoms with Crippen molar-refractivity contribution in [3.63, 3.8) is 0 Å². The molecule has 0 saturated carbocycles. The minimum atomic E-state index is -1.12. The highest BCUT2D eigenvalue weighted by molar-refractivity contribution is 5.98. The predicted molar refractivity (Wildman–Crippen MR) is 57.4 cm³/mol. The molecule has 0 aliphatic rings. The Labute approximate surface area is 92.7 Å². The highest BCUT2D eigenvalue weighted by atomic mass is 16.4. The molecule has 1 rings (SSSR count). The van der Waals surface area contributed by atoms with E-state index in [1.54, 1.807) is 13.0 Å². The first-order valence-corrected chi connectivity index (χ1v) is 4.75. The largest absolute Gasteiger partial charge is 0.507 e. The smallest absolute Gasteiger partial charge is 0.325 e. The molecule has 0 radical (unpaired) electrons. The van der Waals surface area contributed by atoms with Crippen molar-refractivity contribution in [3.8, 4) is 5.75 Å². The second kappa shape index (κ2) is 4.65. The molecule has 0 aliphatic carbocycles. The van der Waals surface area contributed by atoms with E-state index in [1.165, 1.54) is 19.1 Å². The van der Waals surface area contributed by atoms with Gasteiger partial charge in [0.15, 0.2) is 0 Å². The van der Waals surface area contributed by atoms with Crippen LogP contribution in [0, 0.1) is 6.92 Å². The van der Waals surface area contributed by atoms with E-state index >= 15 is 0 Å². The van der Waals surface area contributed by atoms with Gasteiger partial charge in [-0.05, 0) is 26.0 Å². The van der Waals surface area contributed by atoms with E-state index < -0.39 is 17.9 Å². The first-order valence-electron chi connectivity index (χ1n) is 4.75. The number of hydrogen-bond donors (Lipinski definition) is 3. The quantitative estimate of drug-likeness (QED) is 0.710.